The molecule has 1 aromatic rings. The summed E-state index contributed by atoms with van der Waals surface area (Å²) in [7, 11) is 1.86. The van der Waals surface area contributed by atoms with Crippen LogP contribution in [0.15, 0.2) is 6.20 Å². The molecule has 2 aliphatic heterocycles. The largest absolute Gasteiger partial charge is 0.334 e. The molecule has 2 atom stereocenters. The molecule has 1 N–H and O–H groups in total. The number of carbonyl (C=O) groups is 1. The molecule has 0 saturated carbocycles. The van der Waals surface area contributed by atoms with Crippen molar-refractivity contribution in [2.24, 2.45) is 13.0 Å². The van der Waals surface area contributed by atoms with Gasteiger partial charge in [0.1, 0.15) is 0 Å². The van der Waals surface area contributed by atoms with Gasteiger partial charge < -0.3 is 10.2 Å². The van der Waals surface area contributed by atoms with Crippen LogP contribution < -0.4 is 5.32 Å². The molecule has 98 valence electrons. The van der Waals surface area contributed by atoms with Crippen LogP contribution in [0, 0.1) is 12.8 Å². The summed E-state index contributed by atoms with van der Waals surface area (Å²) in [5, 5.41) is 7.67. The number of nitrogens with zero attached hydrogens (tertiary/aromatic N) is 3. The van der Waals surface area contributed by atoms with E-state index < -0.39 is 0 Å². The van der Waals surface area contributed by atoms with E-state index >= 15 is 0 Å². The molecule has 2 aliphatic rings. The molecule has 2 saturated heterocycles. The van der Waals surface area contributed by atoms with Crippen LogP contribution in [0.1, 0.15) is 28.9 Å². The highest BCUT2D eigenvalue weighted by Crippen LogP contribution is 2.28. The number of hydrogen-bond donors (Lipinski definition) is 1. The molecule has 1 amide bonds. The van der Waals surface area contributed by atoms with E-state index in [2.05, 4.69) is 15.3 Å². The van der Waals surface area contributed by atoms with E-state index in [9.17, 15) is 4.79 Å². The molecular weight excluding hydrogens is 228 g/mol. The molecule has 1 aromatic heterocycles. The highest BCUT2D eigenvalue weighted by molar-refractivity contribution is 5.95. The zero-order valence-corrected chi connectivity index (χ0v) is 11.0. The fourth-order valence-electron chi connectivity index (χ4n) is 3.28. The topological polar surface area (TPSA) is 50.2 Å². The third-order valence-corrected chi connectivity index (χ3v) is 4.18. The molecule has 5 heteroatoms. The van der Waals surface area contributed by atoms with Crippen molar-refractivity contribution in [3.8, 4) is 0 Å². The van der Waals surface area contributed by atoms with Crippen molar-refractivity contribution in [2.75, 3.05) is 19.6 Å². The van der Waals surface area contributed by atoms with Crippen LogP contribution in [0.25, 0.3) is 0 Å². The molecule has 3 heterocycles. The van der Waals surface area contributed by atoms with E-state index in [1.807, 2.05) is 20.2 Å². The lowest BCUT2D eigenvalue weighted by Gasteiger charge is -2.37. The van der Waals surface area contributed by atoms with Crippen molar-refractivity contribution in [1.82, 2.24) is 20.0 Å². The summed E-state index contributed by atoms with van der Waals surface area (Å²) in [6, 6.07) is 0.380. The van der Waals surface area contributed by atoms with Gasteiger partial charge in [-0.25, -0.2) is 0 Å². The van der Waals surface area contributed by atoms with Crippen LogP contribution in [-0.4, -0.2) is 46.3 Å². The first kappa shape index (κ1) is 11.7. The van der Waals surface area contributed by atoms with Gasteiger partial charge in [-0.15, -0.1) is 0 Å². The minimum Gasteiger partial charge on any atom is -0.334 e. The quantitative estimate of drug-likeness (QED) is 0.789. The lowest BCUT2D eigenvalue weighted by molar-refractivity contribution is 0.0574. The molecule has 0 radical (unpaired) electrons. The zero-order chi connectivity index (χ0) is 12.7. The van der Waals surface area contributed by atoms with Gasteiger partial charge in [0, 0.05) is 38.9 Å². The van der Waals surface area contributed by atoms with Crippen LogP contribution in [0.4, 0.5) is 0 Å². The number of aryl methyl sites for hydroxylation is 2. The van der Waals surface area contributed by atoms with Gasteiger partial charge in [-0.3, -0.25) is 9.48 Å². The second-order valence-corrected chi connectivity index (χ2v) is 5.43. The summed E-state index contributed by atoms with van der Waals surface area (Å²) in [5.41, 5.74) is 1.58. The fraction of sp³-hybridized carbons (Fsp3) is 0.692. The summed E-state index contributed by atoms with van der Waals surface area (Å²) in [6.07, 6.45) is 4.20. The lowest BCUT2D eigenvalue weighted by Crippen LogP contribution is -2.48. The third-order valence-electron chi connectivity index (χ3n) is 4.18. The average Bonchev–Trinajstić information content (AvgIpc) is 2.94. The fourth-order valence-corrected chi connectivity index (χ4v) is 3.28. The first-order valence-electron chi connectivity index (χ1n) is 6.69. The number of carbonyl (C=O) groups excluding carboxylic acids is 1. The van der Waals surface area contributed by atoms with E-state index in [0.29, 0.717) is 12.0 Å². The predicted molar refractivity (Wildman–Crippen MR) is 68.4 cm³/mol. The molecule has 0 aromatic carbocycles. The Morgan fingerprint density at radius 2 is 2.33 bits per heavy atom. The first-order valence-corrected chi connectivity index (χ1v) is 6.69. The molecule has 18 heavy (non-hydrogen) atoms. The second-order valence-electron chi connectivity index (χ2n) is 5.43. The number of piperidine rings is 1. The summed E-state index contributed by atoms with van der Waals surface area (Å²) < 4.78 is 1.72. The second kappa shape index (κ2) is 4.39. The number of fused-ring (bicyclic) bond motifs is 1. The van der Waals surface area contributed by atoms with Gasteiger partial charge in [0.2, 0.25) is 0 Å². The summed E-state index contributed by atoms with van der Waals surface area (Å²) in [4.78, 5) is 14.7. The monoisotopic (exact) mass is 248 g/mol. The Kier molecular flexibility index (Phi) is 2.86. The van der Waals surface area contributed by atoms with E-state index in [-0.39, 0.29) is 5.91 Å². The number of hydrogen-bond acceptors (Lipinski definition) is 3. The highest BCUT2D eigenvalue weighted by Gasteiger charge is 2.38. The van der Waals surface area contributed by atoms with Crippen LogP contribution in [0.3, 0.4) is 0 Å². The van der Waals surface area contributed by atoms with Crippen molar-refractivity contribution < 1.29 is 4.79 Å². The van der Waals surface area contributed by atoms with Gasteiger partial charge in [-0.1, -0.05) is 0 Å². The van der Waals surface area contributed by atoms with Crippen LogP contribution >= 0.6 is 0 Å². The Bertz CT molecular complexity index is 468. The Balaban J connectivity index is 1.85. The molecule has 2 fully saturated rings. The third kappa shape index (κ3) is 1.82. The maximum atomic E-state index is 12.6. The molecule has 2 unspecified atom stereocenters. The minimum atomic E-state index is 0.152. The zero-order valence-electron chi connectivity index (χ0n) is 11.0. The standard InChI is InChI=1S/C13H20N4O/c1-9-11(8-16(2)15-9)13(18)17-5-3-4-10-6-14-7-12(10)17/h8,10,12,14H,3-7H2,1-2H3. The lowest BCUT2D eigenvalue weighted by atomic mass is 9.91. The number of amides is 1. The summed E-state index contributed by atoms with van der Waals surface area (Å²) in [5.74, 6) is 0.790. The molecule has 0 aliphatic carbocycles. The van der Waals surface area contributed by atoms with E-state index in [1.54, 1.807) is 4.68 Å². The van der Waals surface area contributed by atoms with Gasteiger partial charge in [-0.05, 0) is 25.7 Å². The normalized spacial score (nSPS) is 27.3. The van der Waals surface area contributed by atoms with Gasteiger partial charge in [0.25, 0.3) is 5.91 Å². The van der Waals surface area contributed by atoms with Crippen LogP contribution in [0.2, 0.25) is 0 Å². The van der Waals surface area contributed by atoms with E-state index in [4.69, 9.17) is 0 Å². The SMILES string of the molecule is Cc1nn(C)cc1C(=O)N1CCCC2CNCC21. The Hall–Kier alpha value is -1.36. The summed E-state index contributed by atoms with van der Waals surface area (Å²) in [6.45, 7) is 4.79. The van der Waals surface area contributed by atoms with Gasteiger partial charge in [0.05, 0.1) is 11.3 Å². The molecule has 0 spiro atoms. The summed E-state index contributed by atoms with van der Waals surface area (Å²) >= 11 is 0. The maximum Gasteiger partial charge on any atom is 0.257 e. The Labute approximate surface area is 107 Å². The number of aromatic nitrogens is 2. The van der Waals surface area contributed by atoms with Crippen molar-refractivity contribution in [1.29, 1.82) is 0 Å². The number of likely N-dealkylation sites (tertiary alicyclic amines) is 1. The smallest absolute Gasteiger partial charge is 0.257 e. The predicted octanol–water partition coefficient (Wildman–Crippen LogP) is 0.553. The van der Waals surface area contributed by atoms with E-state index in [0.717, 1.165) is 37.3 Å². The Morgan fingerprint density at radius 1 is 1.50 bits per heavy atom. The molecule has 0 bridgehead atoms. The highest BCUT2D eigenvalue weighted by atomic mass is 16.2. The van der Waals surface area contributed by atoms with Gasteiger partial charge in [-0.2, -0.15) is 5.10 Å². The Morgan fingerprint density at radius 3 is 3.06 bits per heavy atom. The van der Waals surface area contributed by atoms with Crippen molar-refractivity contribution in [3.05, 3.63) is 17.5 Å². The number of nitrogens with one attached hydrogen (secondary N) is 1. The number of rotatable bonds is 1. The minimum absolute atomic E-state index is 0.152. The molecular formula is C13H20N4O. The van der Waals surface area contributed by atoms with Crippen molar-refractivity contribution in [3.63, 3.8) is 0 Å². The van der Waals surface area contributed by atoms with Crippen LogP contribution in [0.5, 0.6) is 0 Å². The van der Waals surface area contributed by atoms with Crippen molar-refractivity contribution in [2.45, 2.75) is 25.8 Å². The maximum absolute atomic E-state index is 12.6. The van der Waals surface area contributed by atoms with E-state index in [1.165, 1.54) is 6.42 Å². The first-order chi connectivity index (χ1) is 8.66. The van der Waals surface area contributed by atoms with Crippen molar-refractivity contribution >= 4 is 5.91 Å². The molecule has 5 nitrogen and oxygen atoms in total. The average molecular weight is 248 g/mol. The van der Waals surface area contributed by atoms with Gasteiger partial charge >= 0.3 is 0 Å². The van der Waals surface area contributed by atoms with Gasteiger partial charge in [0.15, 0.2) is 0 Å². The molecule has 3 rings (SSSR count). The van der Waals surface area contributed by atoms with Crippen LogP contribution in [-0.2, 0) is 7.05 Å².